The molecule has 7 N–H and O–H groups in total. The molecule has 0 spiro atoms. The van der Waals surface area contributed by atoms with E-state index in [0.717, 1.165) is 0 Å². The molecule has 0 fully saturated rings. The Hall–Kier alpha value is -3.26. The lowest BCUT2D eigenvalue weighted by Gasteiger charge is -2.28. The number of aliphatic carboxylic acids is 2. The molecule has 0 aromatic carbocycles. The van der Waals surface area contributed by atoms with Gasteiger partial charge in [-0.1, -0.05) is 15.9 Å². The molecule has 0 aliphatic rings. The molecular formula is C26H41BrCl2N6O12. The van der Waals surface area contributed by atoms with Crippen molar-refractivity contribution in [1.82, 2.24) is 31.5 Å². The van der Waals surface area contributed by atoms with E-state index in [-0.39, 0.29) is 88.9 Å². The van der Waals surface area contributed by atoms with Crippen LogP contribution in [0.4, 0.5) is 0 Å². The number of carbonyl (C=O) groups is 8. The van der Waals surface area contributed by atoms with Gasteiger partial charge >= 0.3 is 11.9 Å². The predicted octanol–water partition coefficient (Wildman–Crippen LogP) is -2.23. The van der Waals surface area contributed by atoms with Gasteiger partial charge in [0, 0.05) is 45.6 Å². The first kappa shape index (κ1) is 43.7. The maximum atomic E-state index is 13.3. The monoisotopic (exact) mass is 778 g/mol. The smallest absolute Gasteiger partial charge is 0.326 e. The van der Waals surface area contributed by atoms with Crippen LogP contribution in [0.15, 0.2) is 0 Å². The van der Waals surface area contributed by atoms with Gasteiger partial charge in [0.2, 0.25) is 35.4 Å². The molecule has 21 heteroatoms. The molecule has 0 saturated heterocycles. The molecule has 0 aromatic rings. The fourth-order valence-electron chi connectivity index (χ4n) is 3.57. The first-order chi connectivity index (χ1) is 22.3. The third-order valence-electron chi connectivity index (χ3n) is 5.83. The lowest BCUT2D eigenvalue weighted by molar-refractivity contribution is -0.142. The SMILES string of the molecule is O=C(O)CC[C@H](NC(=O)COCCOCCNC(=O)CC[C@H](NC(=O)CBr)C(=O)O)C(=O)N(CCNC(=O)CCl)CCNC(=O)CCl. The zero-order valence-corrected chi connectivity index (χ0v) is 28.6. The summed E-state index contributed by atoms with van der Waals surface area (Å²) in [6, 6.07) is -2.45. The van der Waals surface area contributed by atoms with Crippen molar-refractivity contribution in [3.8, 4) is 0 Å². The van der Waals surface area contributed by atoms with E-state index < -0.39 is 72.5 Å². The van der Waals surface area contributed by atoms with Gasteiger partial charge in [0.25, 0.3) is 0 Å². The van der Waals surface area contributed by atoms with Crippen LogP contribution >= 0.6 is 39.1 Å². The highest BCUT2D eigenvalue weighted by molar-refractivity contribution is 9.09. The zero-order chi connectivity index (χ0) is 35.6. The van der Waals surface area contributed by atoms with Crippen LogP contribution in [0.2, 0.25) is 0 Å². The number of carboxylic acids is 2. The van der Waals surface area contributed by atoms with Crippen LogP contribution < -0.4 is 26.6 Å². The lowest BCUT2D eigenvalue weighted by atomic mass is 10.1. The molecule has 2 atom stereocenters. The van der Waals surface area contributed by atoms with Gasteiger partial charge in [-0.15, -0.1) is 23.2 Å². The summed E-state index contributed by atoms with van der Waals surface area (Å²) in [7, 11) is 0. The topological polar surface area (TPSA) is 259 Å². The Labute approximate surface area is 289 Å². The Morgan fingerprint density at radius 1 is 0.660 bits per heavy atom. The van der Waals surface area contributed by atoms with Crippen molar-refractivity contribution in [2.24, 2.45) is 0 Å². The number of hydrogen-bond donors (Lipinski definition) is 7. The number of halogens is 3. The van der Waals surface area contributed by atoms with Crippen molar-refractivity contribution >= 4 is 86.5 Å². The Balaban J connectivity index is 4.70. The van der Waals surface area contributed by atoms with Gasteiger partial charge in [0.05, 0.1) is 25.2 Å². The van der Waals surface area contributed by atoms with E-state index in [2.05, 4.69) is 42.5 Å². The summed E-state index contributed by atoms with van der Waals surface area (Å²) in [5, 5.41) is 30.4. The molecule has 0 aliphatic heterocycles. The number of carbonyl (C=O) groups excluding carboxylic acids is 6. The van der Waals surface area contributed by atoms with Crippen molar-refractivity contribution in [2.75, 3.05) is 76.2 Å². The van der Waals surface area contributed by atoms with Crippen LogP contribution in [0.5, 0.6) is 0 Å². The average Bonchev–Trinajstić information content (AvgIpc) is 3.04. The molecule has 18 nitrogen and oxygen atoms in total. The van der Waals surface area contributed by atoms with Crippen LogP contribution in [0, 0.1) is 0 Å². The normalized spacial score (nSPS) is 11.8. The molecule has 0 bridgehead atoms. The van der Waals surface area contributed by atoms with Crippen molar-refractivity contribution in [2.45, 2.75) is 37.8 Å². The van der Waals surface area contributed by atoms with Crippen molar-refractivity contribution < 1.29 is 58.0 Å². The van der Waals surface area contributed by atoms with E-state index in [0.29, 0.717) is 0 Å². The Morgan fingerprint density at radius 3 is 1.72 bits per heavy atom. The Bertz CT molecular complexity index is 1040. The van der Waals surface area contributed by atoms with Gasteiger partial charge in [-0.3, -0.25) is 33.6 Å². The number of nitrogens with one attached hydrogen (secondary N) is 5. The van der Waals surface area contributed by atoms with Crippen LogP contribution in [-0.2, 0) is 47.8 Å². The first-order valence-electron chi connectivity index (χ1n) is 14.3. The van der Waals surface area contributed by atoms with Gasteiger partial charge in [-0.05, 0) is 12.8 Å². The van der Waals surface area contributed by atoms with E-state index in [1.54, 1.807) is 0 Å². The number of amides is 6. The average molecular weight is 780 g/mol. The number of ether oxygens (including phenoxy) is 2. The summed E-state index contributed by atoms with van der Waals surface area (Å²) >= 11 is 13.8. The third kappa shape index (κ3) is 22.8. The Kier molecular flexibility index (Phi) is 24.9. The van der Waals surface area contributed by atoms with Crippen LogP contribution in [0.3, 0.4) is 0 Å². The van der Waals surface area contributed by atoms with Gasteiger partial charge < -0.3 is 51.2 Å². The molecule has 47 heavy (non-hydrogen) atoms. The fraction of sp³-hybridized carbons (Fsp3) is 0.692. The van der Waals surface area contributed by atoms with Gasteiger partial charge in [0.15, 0.2) is 0 Å². The quantitative estimate of drug-likeness (QED) is 0.0345. The maximum absolute atomic E-state index is 13.3. The maximum Gasteiger partial charge on any atom is 0.326 e. The van der Waals surface area contributed by atoms with E-state index >= 15 is 0 Å². The number of alkyl halides is 3. The van der Waals surface area contributed by atoms with Gasteiger partial charge in [-0.25, -0.2) is 4.79 Å². The predicted molar refractivity (Wildman–Crippen MR) is 170 cm³/mol. The van der Waals surface area contributed by atoms with Crippen LogP contribution in [-0.4, -0.2) is 151 Å². The van der Waals surface area contributed by atoms with Gasteiger partial charge in [0.1, 0.15) is 30.5 Å². The summed E-state index contributed by atoms with van der Waals surface area (Å²) in [6.45, 7) is -0.303. The summed E-state index contributed by atoms with van der Waals surface area (Å²) in [4.78, 5) is 95.6. The molecule has 0 aliphatic carbocycles. The molecule has 0 aromatic heterocycles. The summed E-state index contributed by atoms with van der Waals surface area (Å²) in [6.07, 6.45) is -0.914. The second kappa shape index (κ2) is 26.8. The zero-order valence-electron chi connectivity index (χ0n) is 25.5. The lowest BCUT2D eigenvalue weighted by Crippen LogP contribution is -2.52. The molecule has 0 rings (SSSR count). The molecule has 0 unspecified atom stereocenters. The minimum Gasteiger partial charge on any atom is -0.481 e. The summed E-state index contributed by atoms with van der Waals surface area (Å²) < 4.78 is 10.6. The molecule has 6 amide bonds. The van der Waals surface area contributed by atoms with Crippen molar-refractivity contribution in [1.29, 1.82) is 0 Å². The number of nitrogens with zero attached hydrogens (tertiary/aromatic N) is 1. The second-order valence-corrected chi connectivity index (χ2v) is 10.6. The van der Waals surface area contributed by atoms with E-state index in [9.17, 15) is 38.4 Å². The van der Waals surface area contributed by atoms with Gasteiger partial charge in [-0.2, -0.15) is 0 Å². The number of rotatable bonds is 27. The highest BCUT2D eigenvalue weighted by atomic mass is 79.9. The largest absolute Gasteiger partial charge is 0.481 e. The first-order valence-corrected chi connectivity index (χ1v) is 16.5. The van der Waals surface area contributed by atoms with Crippen molar-refractivity contribution in [3.63, 3.8) is 0 Å². The van der Waals surface area contributed by atoms with E-state index in [1.165, 1.54) is 4.90 Å². The molecule has 268 valence electrons. The minimum absolute atomic E-state index is 0.00951. The third-order valence-corrected chi connectivity index (χ3v) is 6.83. The Morgan fingerprint density at radius 2 is 1.19 bits per heavy atom. The number of carboxylic acid groups (broad SMARTS) is 2. The van der Waals surface area contributed by atoms with E-state index in [4.69, 9.17) is 42.9 Å². The number of hydrogen-bond acceptors (Lipinski definition) is 10. The summed E-state index contributed by atoms with van der Waals surface area (Å²) in [5.74, 6) is -6.31. The standard InChI is InChI=1S/C26H41BrCl2N6O12/c27-13-20(37)34-18(26(44)45)1-3-19(36)32-7-10-46-11-12-47-16-23(40)33-17(2-4-24(41)42)25(43)35(8-5-30-21(38)14-28)9-6-31-22(39)15-29/h17-18H,1-16H2,(H,30,38)(H,31,39)(H,32,36)(H,33,40)(H,34,37)(H,41,42)(H,44,45)/t17-,18-/m0/s1. The molecular weight excluding hydrogens is 739 g/mol. The molecule has 0 radical (unpaired) electrons. The van der Waals surface area contributed by atoms with Crippen LogP contribution in [0.25, 0.3) is 0 Å². The van der Waals surface area contributed by atoms with Crippen molar-refractivity contribution in [3.05, 3.63) is 0 Å². The highest BCUT2D eigenvalue weighted by Gasteiger charge is 2.27. The second-order valence-electron chi connectivity index (χ2n) is 9.49. The van der Waals surface area contributed by atoms with Crippen LogP contribution in [0.1, 0.15) is 25.7 Å². The van der Waals surface area contributed by atoms with E-state index in [1.807, 2.05) is 0 Å². The molecule has 0 heterocycles. The molecule has 0 saturated carbocycles. The fourth-order valence-corrected chi connectivity index (χ4v) is 3.92. The highest BCUT2D eigenvalue weighted by Crippen LogP contribution is 2.05. The minimum atomic E-state index is -1.26. The summed E-state index contributed by atoms with van der Waals surface area (Å²) in [5.41, 5.74) is 0.